The van der Waals surface area contributed by atoms with Gasteiger partial charge in [0, 0.05) is 111 Å². The Morgan fingerprint density at radius 2 is 0.600 bits per heavy atom. The summed E-state index contributed by atoms with van der Waals surface area (Å²) in [6.07, 6.45) is 6.38. The van der Waals surface area contributed by atoms with Crippen LogP contribution in [0.5, 0.6) is 0 Å². The molecular weight excluding hydrogens is 2040 g/mol. The van der Waals surface area contributed by atoms with Gasteiger partial charge in [0.25, 0.3) is 0 Å². The van der Waals surface area contributed by atoms with Gasteiger partial charge in [-0.2, -0.15) is 0 Å². The van der Waals surface area contributed by atoms with Crippen LogP contribution >= 0.6 is 79.6 Å². The number of allylic oxidation sites excluding steroid dienone is 1. The van der Waals surface area contributed by atoms with E-state index in [2.05, 4.69) is 340 Å². The van der Waals surface area contributed by atoms with Crippen molar-refractivity contribution in [1.29, 1.82) is 0 Å². The predicted molar refractivity (Wildman–Crippen MR) is 596 cm³/mol. The van der Waals surface area contributed by atoms with Crippen LogP contribution in [0.15, 0.2) is 471 Å². The number of rotatable bonds is 12. The molecule has 0 aliphatic heterocycles. The van der Waals surface area contributed by atoms with Crippen molar-refractivity contribution in [3.8, 4) is 147 Å². The van der Waals surface area contributed by atoms with Gasteiger partial charge >= 0.3 is 0 Å². The summed E-state index contributed by atoms with van der Waals surface area (Å²) in [6, 6.07) is 139. The molecule has 15 heteroatoms. The van der Waals surface area contributed by atoms with Crippen LogP contribution in [0.25, 0.3) is 207 Å². The number of benzene rings is 18. The first-order valence-electron chi connectivity index (χ1n) is 48.3. The van der Waals surface area contributed by atoms with Gasteiger partial charge in [0.15, 0.2) is 29.1 Å². The second-order valence-electron chi connectivity index (χ2n) is 34.3. The summed E-state index contributed by atoms with van der Waals surface area (Å²) in [6.45, 7) is 4.62. The molecule has 0 bridgehead atoms. The van der Waals surface area contributed by atoms with Crippen LogP contribution in [0.4, 0.5) is 0 Å². The Hall–Kier alpha value is -15.2. The molecule has 0 unspecified atom stereocenters. The molecule has 2 aliphatic rings. The number of hydrogen-bond acceptors (Lipinski definition) is 10. The monoisotopic (exact) mass is 2130 g/mol. The van der Waals surface area contributed by atoms with Crippen LogP contribution < -0.4 is 0 Å². The lowest BCUT2D eigenvalue weighted by atomic mass is 9.82. The van der Waals surface area contributed by atoms with Gasteiger partial charge in [0.05, 0.1) is 63.1 Å². The van der Waals surface area contributed by atoms with E-state index in [9.17, 15) is 0 Å². The van der Waals surface area contributed by atoms with Crippen molar-refractivity contribution < 1.29 is 6.85 Å². The fraction of sp³-hybridized carbons (Fsp3) is 0.0400. The highest BCUT2D eigenvalue weighted by atomic mass is 79.9. The summed E-state index contributed by atoms with van der Waals surface area (Å²) in [7, 11) is 0. The first-order chi connectivity index (χ1) is 70.7. The maximum Gasteiger partial charge on any atom is 0.160 e. The second kappa shape index (κ2) is 41.2. The molecule has 5 aromatic heterocycles. The summed E-state index contributed by atoms with van der Waals surface area (Å²) in [5.41, 5.74) is 29.3. The zero-order valence-corrected chi connectivity index (χ0v) is 83.6. The average Bonchev–Trinajstić information content (AvgIpc) is 1.57. The highest BCUT2D eigenvalue weighted by Crippen LogP contribution is 2.51. The molecule has 23 aromatic rings. The van der Waals surface area contributed by atoms with Gasteiger partial charge in [-0.25, -0.2) is 49.8 Å². The number of hydrogen-bond donors (Lipinski definition) is 0. The first-order valence-corrected chi connectivity index (χ1v) is 49.8. The third-order valence-corrected chi connectivity index (χ3v) is 27.4. The number of nitrogens with zero attached hydrogens (tertiary/aromatic N) is 10. The topological polar surface area (TPSA) is 129 Å². The van der Waals surface area contributed by atoms with E-state index in [4.69, 9.17) is 46.7 Å². The van der Waals surface area contributed by atoms with Crippen molar-refractivity contribution in [3.05, 3.63) is 494 Å². The molecule has 0 radical (unpaired) electrons. The SMILES string of the molecule is Brc1ccc(-c2nc(-c3cc(-c4ccccc4)cc(-c4ccccc4)c3)c3ccccc3n2)cc1.Brc1ccc(-c2nc3c(c(-c4ccc5ccccc5c4)n2)C=CCC3)cc1.Brc1cccc(-c2nc(-c3ccccc3)c3ccccc3n2)c1.CC1(C)c2ccccc2-c2ccc(-c3nc(-c4ccc(Br)cc4)nc4ccccc34)cc21.[2H]c1c([2H])c([2H])c(-c2nc(-c3cccc(Br)c3)nc3ccccc23)c([2H])c1[2H]. The van der Waals surface area contributed by atoms with Gasteiger partial charge in [0.1, 0.15) is 0 Å². The number of halogens is 5. The van der Waals surface area contributed by atoms with Crippen molar-refractivity contribution in [1.82, 2.24) is 49.8 Å². The Balaban J connectivity index is 0.000000107. The van der Waals surface area contributed by atoms with Gasteiger partial charge < -0.3 is 0 Å². The molecule has 0 amide bonds. The van der Waals surface area contributed by atoms with Crippen LogP contribution in [-0.4, -0.2) is 49.8 Å². The van der Waals surface area contributed by atoms with E-state index in [1.807, 2.05) is 182 Å². The molecule has 0 spiro atoms. The van der Waals surface area contributed by atoms with Crippen LogP contribution in [0.2, 0.25) is 0 Å². The highest BCUT2D eigenvalue weighted by Gasteiger charge is 2.36. The average molecular weight is 2130 g/mol. The summed E-state index contributed by atoms with van der Waals surface area (Å²) < 4.78 is 45.4. The van der Waals surface area contributed by atoms with Crippen molar-refractivity contribution in [2.75, 3.05) is 0 Å². The Morgan fingerprint density at radius 1 is 0.236 bits per heavy atom. The highest BCUT2D eigenvalue weighted by molar-refractivity contribution is 9.11. The fourth-order valence-corrected chi connectivity index (χ4v) is 19.5. The molecule has 25 rings (SSSR count). The van der Waals surface area contributed by atoms with Crippen molar-refractivity contribution >= 4 is 140 Å². The Morgan fingerprint density at radius 3 is 1.09 bits per heavy atom. The fourth-order valence-electron chi connectivity index (χ4n) is 17.9. The van der Waals surface area contributed by atoms with E-state index in [1.165, 1.54) is 44.2 Å². The lowest BCUT2D eigenvalue weighted by Crippen LogP contribution is -2.14. The largest absolute Gasteiger partial charge is 0.232 e. The van der Waals surface area contributed by atoms with Gasteiger partial charge in [-0.05, 0) is 183 Å². The summed E-state index contributed by atoms with van der Waals surface area (Å²) in [4.78, 5) is 48.6. The molecule has 0 saturated heterocycles. The first kappa shape index (κ1) is 85.2. The lowest BCUT2D eigenvalue weighted by Gasteiger charge is -2.22. The maximum atomic E-state index is 8.32. The molecule has 0 N–H and O–H groups in total. The summed E-state index contributed by atoms with van der Waals surface area (Å²) in [5.74, 6) is 3.41. The predicted octanol–water partition coefficient (Wildman–Crippen LogP) is 35.2. The van der Waals surface area contributed by atoms with E-state index in [0.717, 1.165) is 186 Å². The number of fused-ring (bicyclic) bond motifs is 9. The second-order valence-corrected chi connectivity index (χ2v) is 38.9. The zero-order chi connectivity index (χ0) is 99.4. The van der Waals surface area contributed by atoms with Gasteiger partial charge in [0.2, 0.25) is 0 Å². The Kier molecular flexibility index (Phi) is 25.1. The van der Waals surface area contributed by atoms with E-state index in [1.54, 1.807) is 6.07 Å². The van der Waals surface area contributed by atoms with Crippen LogP contribution in [0, 0.1) is 0 Å². The Bertz CT molecular complexity index is 8830. The summed E-state index contributed by atoms with van der Waals surface area (Å²) >= 11 is 17.5. The number of para-hydroxylation sites is 4. The normalized spacial score (nSPS) is 12.4. The van der Waals surface area contributed by atoms with E-state index in [0.29, 0.717) is 22.4 Å². The molecular formula is C125H85Br5N10. The van der Waals surface area contributed by atoms with E-state index < -0.39 is 6.04 Å². The van der Waals surface area contributed by atoms with Crippen LogP contribution in [0.1, 0.15) is 49.5 Å². The minimum atomic E-state index is -0.427. The molecule has 5 heterocycles. The van der Waals surface area contributed by atoms with Gasteiger partial charge in [-0.3, -0.25) is 0 Å². The third-order valence-electron chi connectivity index (χ3n) is 24.8. The molecule has 0 saturated carbocycles. The van der Waals surface area contributed by atoms with Gasteiger partial charge in [-0.15, -0.1) is 0 Å². The molecule has 670 valence electrons. The standard InChI is InChI=1S/C32H21BrN2.C29H21BrN2.C24H17BrN2.2C20H13BrN2/c33-28-17-15-24(16-18-28)32-34-30-14-8-7-13-29(30)31(35-32)27-20-25(22-9-3-1-4-10-22)19-26(21-27)23-11-5-2-6-12-23;1-29(2)24-9-5-3-7-21(24)22-16-13-19(17-25(22)29)27-23-8-4-6-10-26(23)31-28(32-27)18-11-14-20(30)15-12-18;25-20-13-11-17(12-14-20)24-26-22-8-4-3-7-21(22)23(27-24)19-10-9-16-5-1-2-6-18(16)15-19;2*21-16-10-6-9-15(13-16)20-22-18-12-5-4-11-17(18)19(23-20)14-7-2-1-3-8-14/h1-21H;3-17H,1-2H3;1-3,5-7,9-15H,4,8H2;2*1-13H/i;;;1D,2D,3D,7D,8D;. The molecule has 140 heavy (non-hydrogen) atoms. The van der Waals surface area contributed by atoms with E-state index in [-0.39, 0.29) is 35.1 Å². The van der Waals surface area contributed by atoms with Gasteiger partial charge in [-0.1, -0.05) is 433 Å². The lowest BCUT2D eigenvalue weighted by molar-refractivity contribution is 0.660. The molecule has 0 fully saturated rings. The molecule has 2 aliphatic carbocycles. The molecule has 10 nitrogen and oxygen atoms in total. The third kappa shape index (κ3) is 20.0. The number of aryl methyl sites for hydroxylation is 1. The van der Waals surface area contributed by atoms with Crippen molar-refractivity contribution in [3.63, 3.8) is 0 Å². The minimum absolute atomic E-state index is 0.0424. The smallest absolute Gasteiger partial charge is 0.160 e. The van der Waals surface area contributed by atoms with Crippen molar-refractivity contribution in [2.45, 2.75) is 32.1 Å². The quantitative estimate of drug-likeness (QED) is 0.117. The molecule has 0 atom stereocenters. The van der Waals surface area contributed by atoms with E-state index >= 15 is 0 Å². The number of aromatic nitrogens is 10. The minimum Gasteiger partial charge on any atom is -0.232 e. The van der Waals surface area contributed by atoms with Crippen LogP contribution in [0.3, 0.4) is 0 Å². The Labute approximate surface area is 861 Å². The summed E-state index contributed by atoms with van der Waals surface area (Å²) in [5, 5.41) is 6.27. The van der Waals surface area contributed by atoms with Crippen molar-refractivity contribution in [2.24, 2.45) is 0 Å². The zero-order valence-electron chi connectivity index (χ0n) is 80.7. The maximum absolute atomic E-state index is 8.32. The molecule has 18 aromatic carbocycles. The van der Waals surface area contributed by atoms with Crippen LogP contribution in [-0.2, 0) is 11.8 Å².